The Balaban J connectivity index is 3.50. The predicted octanol–water partition coefficient (Wildman–Crippen LogP) is 0.157. The topological polar surface area (TPSA) is 69.4 Å². The van der Waals surface area contributed by atoms with Gasteiger partial charge in [0.05, 0.1) is 7.11 Å². The minimum absolute atomic E-state index is 0.0343. The summed E-state index contributed by atoms with van der Waals surface area (Å²) < 4.78 is 4.41. The first-order valence-corrected chi connectivity index (χ1v) is 4.53. The van der Waals surface area contributed by atoms with Crippen molar-refractivity contribution in [3.8, 4) is 0 Å². The number of thioether (sulfide) groups is 1. The third-order valence-corrected chi connectivity index (χ3v) is 2.08. The summed E-state index contributed by atoms with van der Waals surface area (Å²) in [7, 11) is 1.29. The number of carbonyl (C=O) groups is 2. The van der Waals surface area contributed by atoms with Gasteiger partial charge in [0.15, 0.2) is 5.12 Å². The fourth-order valence-corrected chi connectivity index (χ4v) is 1.26. The Bertz CT molecular complexity index is 172. The van der Waals surface area contributed by atoms with Crippen LogP contribution >= 0.6 is 11.8 Å². The van der Waals surface area contributed by atoms with Crippen molar-refractivity contribution >= 4 is 22.8 Å². The Labute approximate surface area is 75.8 Å². The van der Waals surface area contributed by atoms with Crippen LogP contribution < -0.4 is 5.73 Å². The van der Waals surface area contributed by atoms with Crippen LogP contribution in [0.4, 0.5) is 0 Å². The lowest BCUT2D eigenvalue weighted by molar-refractivity contribution is -0.142. The summed E-state index contributed by atoms with van der Waals surface area (Å²) in [6.07, 6.45) is 0.469. The van der Waals surface area contributed by atoms with E-state index in [1.54, 1.807) is 0 Å². The fourth-order valence-electron chi connectivity index (χ4n) is 0.599. The molecule has 1 atom stereocenters. The number of nitrogens with two attached hydrogens (primary N) is 1. The molecule has 4 nitrogen and oxygen atoms in total. The molecule has 0 aliphatic rings. The number of hydrogen-bond donors (Lipinski definition) is 1. The minimum atomic E-state index is -0.609. The minimum Gasteiger partial charge on any atom is -0.468 e. The number of ether oxygens (including phenoxy) is 1. The maximum atomic E-state index is 10.7. The van der Waals surface area contributed by atoms with Crippen LogP contribution in [0.5, 0.6) is 0 Å². The molecule has 0 saturated carbocycles. The van der Waals surface area contributed by atoms with Gasteiger partial charge in [-0.05, 0) is 6.42 Å². The zero-order valence-electron chi connectivity index (χ0n) is 7.20. The second kappa shape index (κ2) is 6.02. The van der Waals surface area contributed by atoms with Crippen molar-refractivity contribution in [3.05, 3.63) is 0 Å². The number of hydrogen-bond acceptors (Lipinski definition) is 5. The Morgan fingerprint density at radius 1 is 1.58 bits per heavy atom. The molecular formula is C7H13NO3S. The highest BCUT2D eigenvalue weighted by molar-refractivity contribution is 8.13. The molecule has 0 radical (unpaired) electrons. The normalized spacial score (nSPS) is 12.2. The van der Waals surface area contributed by atoms with Crippen LogP contribution in [0, 0.1) is 0 Å². The molecule has 1 unspecified atom stereocenters. The highest BCUT2D eigenvalue weighted by Gasteiger charge is 2.12. The molecule has 0 aromatic rings. The van der Waals surface area contributed by atoms with Gasteiger partial charge >= 0.3 is 5.97 Å². The third kappa shape index (κ3) is 5.15. The molecule has 0 aromatic carbocycles. The summed E-state index contributed by atoms with van der Waals surface area (Å²) in [6, 6.07) is -0.609. The summed E-state index contributed by atoms with van der Waals surface area (Å²) in [5, 5.41) is 0.0343. The lowest BCUT2D eigenvalue weighted by Crippen LogP contribution is -2.32. The van der Waals surface area contributed by atoms with Crippen molar-refractivity contribution in [1.29, 1.82) is 0 Å². The number of rotatable bonds is 4. The second-order valence-electron chi connectivity index (χ2n) is 2.26. The number of esters is 1. The molecule has 0 saturated heterocycles. The number of carbonyl (C=O) groups excluding carboxylic acids is 2. The van der Waals surface area contributed by atoms with Crippen molar-refractivity contribution < 1.29 is 14.3 Å². The van der Waals surface area contributed by atoms with Crippen LogP contribution in [0.1, 0.15) is 13.3 Å². The molecule has 0 aliphatic heterocycles. The lowest BCUT2D eigenvalue weighted by atomic mass is 10.2. The summed E-state index contributed by atoms with van der Waals surface area (Å²) in [6.45, 7) is 1.48. The van der Waals surface area contributed by atoms with E-state index in [9.17, 15) is 9.59 Å². The molecule has 2 N–H and O–H groups in total. The second-order valence-corrected chi connectivity index (χ2v) is 3.53. The van der Waals surface area contributed by atoms with Crippen LogP contribution in [0.3, 0.4) is 0 Å². The van der Waals surface area contributed by atoms with E-state index in [2.05, 4.69) is 4.74 Å². The van der Waals surface area contributed by atoms with Crippen molar-refractivity contribution in [2.24, 2.45) is 5.73 Å². The van der Waals surface area contributed by atoms with Crippen LogP contribution in [0.25, 0.3) is 0 Å². The molecule has 5 heteroatoms. The Kier molecular flexibility index (Phi) is 5.74. The van der Waals surface area contributed by atoms with Gasteiger partial charge < -0.3 is 10.5 Å². The Hall–Kier alpha value is -0.550. The standard InChI is InChI=1S/C7H13NO3S/c1-5(9)12-4-3-6(8)7(10)11-2/h6H,3-4,8H2,1-2H3. The van der Waals surface area contributed by atoms with Gasteiger partial charge in [-0.3, -0.25) is 9.59 Å². The quantitative estimate of drug-likeness (QED) is 0.641. The van der Waals surface area contributed by atoms with Gasteiger partial charge in [-0.2, -0.15) is 0 Å². The maximum absolute atomic E-state index is 10.7. The van der Waals surface area contributed by atoms with Gasteiger partial charge in [0, 0.05) is 12.7 Å². The molecule has 12 heavy (non-hydrogen) atoms. The molecule has 0 spiro atoms. The summed E-state index contributed by atoms with van der Waals surface area (Å²) in [5.41, 5.74) is 5.41. The molecule has 0 fully saturated rings. The van der Waals surface area contributed by atoms with Gasteiger partial charge in [0.2, 0.25) is 0 Å². The van der Waals surface area contributed by atoms with E-state index in [0.29, 0.717) is 12.2 Å². The molecule has 0 rings (SSSR count). The molecule has 0 heterocycles. The lowest BCUT2D eigenvalue weighted by Gasteiger charge is -2.06. The average Bonchev–Trinajstić information content (AvgIpc) is 2.02. The SMILES string of the molecule is COC(=O)C(N)CCSC(C)=O. The van der Waals surface area contributed by atoms with Gasteiger partial charge in [-0.1, -0.05) is 11.8 Å². The highest BCUT2D eigenvalue weighted by atomic mass is 32.2. The van der Waals surface area contributed by atoms with E-state index < -0.39 is 12.0 Å². The average molecular weight is 191 g/mol. The number of methoxy groups -OCH3 is 1. The van der Waals surface area contributed by atoms with Gasteiger partial charge in [0.1, 0.15) is 6.04 Å². The van der Waals surface area contributed by atoms with E-state index in [1.807, 2.05) is 0 Å². The summed E-state index contributed by atoms with van der Waals surface area (Å²) in [5.74, 6) is 0.130. The van der Waals surface area contributed by atoms with Crippen LogP contribution in [0.15, 0.2) is 0 Å². The van der Waals surface area contributed by atoms with Crippen molar-refractivity contribution in [1.82, 2.24) is 0 Å². The van der Waals surface area contributed by atoms with Crippen LogP contribution in [-0.4, -0.2) is 30.0 Å². The van der Waals surface area contributed by atoms with Gasteiger partial charge in [0.25, 0.3) is 0 Å². The van der Waals surface area contributed by atoms with E-state index in [1.165, 1.54) is 14.0 Å². The smallest absolute Gasteiger partial charge is 0.322 e. The first-order chi connectivity index (χ1) is 5.57. The summed E-state index contributed by atoms with van der Waals surface area (Å²) in [4.78, 5) is 21.2. The van der Waals surface area contributed by atoms with E-state index in [-0.39, 0.29) is 5.12 Å². The molecule has 0 amide bonds. The van der Waals surface area contributed by atoms with Gasteiger partial charge in [-0.25, -0.2) is 0 Å². The zero-order chi connectivity index (χ0) is 9.56. The van der Waals surface area contributed by atoms with E-state index >= 15 is 0 Å². The molecule has 70 valence electrons. The predicted molar refractivity (Wildman–Crippen MR) is 47.7 cm³/mol. The van der Waals surface area contributed by atoms with Crippen LogP contribution in [0.2, 0.25) is 0 Å². The molecule has 0 aromatic heterocycles. The van der Waals surface area contributed by atoms with E-state index in [4.69, 9.17) is 5.73 Å². The molecule has 0 aliphatic carbocycles. The first kappa shape index (κ1) is 11.4. The molecule has 0 bridgehead atoms. The first-order valence-electron chi connectivity index (χ1n) is 3.54. The Morgan fingerprint density at radius 2 is 2.17 bits per heavy atom. The van der Waals surface area contributed by atoms with Crippen molar-refractivity contribution in [3.63, 3.8) is 0 Å². The summed E-state index contributed by atoms with van der Waals surface area (Å²) >= 11 is 1.16. The van der Waals surface area contributed by atoms with Crippen molar-refractivity contribution in [2.75, 3.05) is 12.9 Å². The maximum Gasteiger partial charge on any atom is 0.322 e. The fraction of sp³-hybridized carbons (Fsp3) is 0.714. The van der Waals surface area contributed by atoms with Crippen molar-refractivity contribution in [2.45, 2.75) is 19.4 Å². The largest absolute Gasteiger partial charge is 0.468 e. The highest BCUT2D eigenvalue weighted by Crippen LogP contribution is 2.05. The van der Waals surface area contributed by atoms with Gasteiger partial charge in [-0.15, -0.1) is 0 Å². The van der Waals surface area contributed by atoms with Crippen LogP contribution in [-0.2, 0) is 14.3 Å². The Morgan fingerprint density at radius 3 is 2.58 bits per heavy atom. The zero-order valence-corrected chi connectivity index (χ0v) is 8.02. The van der Waals surface area contributed by atoms with E-state index in [0.717, 1.165) is 11.8 Å². The monoisotopic (exact) mass is 191 g/mol. The third-order valence-electron chi connectivity index (χ3n) is 1.24. The molecular weight excluding hydrogens is 178 g/mol.